The molecule has 0 aromatic carbocycles. The van der Waals surface area contributed by atoms with Crippen molar-refractivity contribution in [2.45, 2.75) is 32.7 Å². The lowest BCUT2D eigenvalue weighted by Gasteiger charge is -2.19. The number of carbonyl (C=O) groups excluding carboxylic acids is 1. The Morgan fingerprint density at radius 2 is 2.25 bits per heavy atom. The molecule has 2 rings (SSSR count). The predicted molar refractivity (Wildman–Crippen MR) is 77.0 cm³/mol. The Bertz CT molecular complexity index is 545. The number of rotatable bonds is 2. The Morgan fingerprint density at radius 3 is 2.90 bits per heavy atom. The summed E-state index contributed by atoms with van der Waals surface area (Å²) in [6, 6.07) is 1.94. The molecule has 0 saturated heterocycles. The number of aromatic nitrogens is 1. The van der Waals surface area contributed by atoms with Gasteiger partial charge in [0, 0.05) is 24.0 Å². The Labute approximate surface area is 119 Å². The van der Waals surface area contributed by atoms with E-state index < -0.39 is 0 Å². The van der Waals surface area contributed by atoms with E-state index in [1.807, 2.05) is 0 Å². The molecule has 106 valence electrons. The van der Waals surface area contributed by atoms with Crippen LogP contribution in [0.1, 0.15) is 42.6 Å². The van der Waals surface area contributed by atoms with Crippen molar-refractivity contribution in [1.29, 1.82) is 0 Å². The topological polar surface area (TPSA) is 62.2 Å². The zero-order chi connectivity index (χ0) is 14.5. The third-order valence-electron chi connectivity index (χ3n) is 4.09. The fraction of sp³-hybridized carbons (Fsp3) is 0.500. The lowest BCUT2D eigenvalue weighted by atomic mass is 9.97. The molecule has 0 radical (unpaired) electrons. The second-order valence-electron chi connectivity index (χ2n) is 5.42. The van der Waals surface area contributed by atoms with Gasteiger partial charge in [-0.25, -0.2) is 0 Å². The van der Waals surface area contributed by atoms with Crippen LogP contribution in [0.15, 0.2) is 18.5 Å². The number of nitrogens with zero attached hydrogens (tertiary/aromatic N) is 1. The molecule has 1 amide bonds. The summed E-state index contributed by atoms with van der Waals surface area (Å²) in [4.78, 5) is 16.3. The third kappa shape index (κ3) is 3.37. The van der Waals surface area contributed by atoms with Crippen LogP contribution in [0, 0.1) is 23.7 Å². The average molecular weight is 272 g/mol. The van der Waals surface area contributed by atoms with Gasteiger partial charge in [0.05, 0.1) is 5.56 Å². The quantitative estimate of drug-likeness (QED) is 0.804. The molecule has 4 heteroatoms. The second-order valence-corrected chi connectivity index (χ2v) is 5.42. The number of carbonyl (C=O) groups is 1. The van der Waals surface area contributed by atoms with Crippen molar-refractivity contribution >= 4 is 5.91 Å². The molecule has 1 heterocycles. The summed E-state index contributed by atoms with van der Waals surface area (Å²) >= 11 is 0. The number of hydrogen-bond donors (Lipinski definition) is 2. The van der Waals surface area contributed by atoms with Crippen LogP contribution in [0.4, 0.5) is 0 Å². The minimum Gasteiger partial charge on any atom is -0.384 e. The van der Waals surface area contributed by atoms with Gasteiger partial charge >= 0.3 is 0 Å². The van der Waals surface area contributed by atoms with Gasteiger partial charge in [0.25, 0.3) is 5.91 Å². The maximum absolute atomic E-state index is 12.2. The van der Waals surface area contributed by atoms with Gasteiger partial charge in [-0.05, 0) is 30.7 Å². The lowest BCUT2D eigenvalue weighted by molar-refractivity contribution is 0.0927. The monoisotopic (exact) mass is 272 g/mol. The molecule has 0 aliphatic heterocycles. The Morgan fingerprint density at radius 1 is 1.45 bits per heavy atom. The standard InChI is InChI=1S/C16H20N2O2/c1-11-5-6-15(12(11)2)18-16(20)14-8-13(4-3-7-19)9-17-10-14/h8-12,15,19H,5-7H2,1-2H3,(H,18,20). The molecular formula is C16H20N2O2. The predicted octanol–water partition coefficient (Wildman–Crippen LogP) is 1.59. The van der Waals surface area contributed by atoms with Crippen LogP contribution in [-0.4, -0.2) is 28.6 Å². The molecule has 3 unspecified atom stereocenters. The molecule has 1 aromatic heterocycles. The van der Waals surface area contributed by atoms with Crippen molar-refractivity contribution in [3.8, 4) is 11.8 Å². The summed E-state index contributed by atoms with van der Waals surface area (Å²) in [7, 11) is 0. The van der Waals surface area contributed by atoms with E-state index in [1.165, 1.54) is 0 Å². The van der Waals surface area contributed by atoms with Gasteiger partial charge in [-0.15, -0.1) is 0 Å². The fourth-order valence-electron chi connectivity index (χ4n) is 2.59. The van der Waals surface area contributed by atoms with E-state index in [0.717, 1.165) is 12.8 Å². The SMILES string of the molecule is CC1CCC(NC(=O)c2cncc(C#CCO)c2)C1C. The molecule has 1 aliphatic carbocycles. The number of amides is 1. The lowest BCUT2D eigenvalue weighted by Crippen LogP contribution is -2.37. The maximum Gasteiger partial charge on any atom is 0.253 e. The van der Waals surface area contributed by atoms with Gasteiger partial charge in [-0.1, -0.05) is 25.7 Å². The van der Waals surface area contributed by atoms with Crippen LogP contribution in [0.2, 0.25) is 0 Å². The molecule has 1 aromatic rings. The zero-order valence-corrected chi connectivity index (χ0v) is 11.9. The van der Waals surface area contributed by atoms with Crippen LogP contribution in [0.25, 0.3) is 0 Å². The number of nitrogens with one attached hydrogen (secondary N) is 1. The highest BCUT2D eigenvalue weighted by molar-refractivity contribution is 5.94. The van der Waals surface area contributed by atoms with Crippen molar-refractivity contribution in [3.63, 3.8) is 0 Å². The van der Waals surface area contributed by atoms with Crippen molar-refractivity contribution in [2.75, 3.05) is 6.61 Å². The summed E-state index contributed by atoms with van der Waals surface area (Å²) in [6.45, 7) is 4.21. The highest BCUT2D eigenvalue weighted by atomic mass is 16.2. The molecule has 1 fully saturated rings. The smallest absolute Gasteiger partial charge is 0.253 e. The molecular weight excluding hydrogens is 252 g/mol. The van der Waals surface area contributed by atoms with Gasteiger partial charge in [0.15, 0.2) is 0 Å². The number of hydrogen-bond acceptors (Lipinski definition) is 3. The first-order valence-electron chi connectivity index (χ1n) is 6.97. The summed E-state index contributed by atoms with van der Waals surface area (Å²) < 4.78 is 0. The van der Waals surface area contributed by atoms with Crippen molar-refractivity contribution < 1.29 is 9.90 Å². The summed E-state index contributed by atoms with van der Waals surface area (Å²) in [5.74, 6) is 6.36. The summed E-state index contributed by atoms with van der Waals surface area (Å²) in [5, 5.41) is 11.8. The molecule has 1 aliphatic rings. The van der Waals surface area contributed by atoms with E-state index in [1.54, 1.807) is 18.5 Å². The minimum atomic E-state index is -0.200. The maximum atomic E-state index is 12.2. The van der Waals surface area contributed by atoms with Crippen LogP contribution in [0.3, 0.4) is 0 Å². The van der Waals surface area contributed by atoms with Gasteiger partial charge in [-0.2, -0.15) is 0 Å². The number of aliphatic hydroxyl groups is 1. The fourth-order valence-corrected chi connectivity index (χ4v) is 2.59. The summed E-state index contributed by atoms with van der Waals surface area (Å²) in [6.07, 6.45) is 5.32. The first kappa shape index (κ1) is 14.5. The molecule has 20 heavy (non-hydrogen) atoms. The van der Waals surface area contributed by atoms with Crippen molar-refractivity contribution in [2.24, 2.45) is 11.8 Å². The first-order chi connectivity index (χ1) is 9.61. The van der Waals surface area contributed by atoms with E-state index in [0.29, 0.717) is 23.0 Å². The van der Waals surface area contributed by atoms with E-state index in [9.17, 15) is 4.79 Å². The Balaban J connectivity index is 2.06. The van der Waals surface area contributed by atoms with Crippen LogP contribution in [-0.2, 0) is 0 Å². The minimum absolute atomic E-state index is 0.101. The van der Waals surface area contributed by atoms with E-state index in [4.69, 9.17) is 5.11 Å². The molecule has 1 saturated carbocycles. The largest absolute Gasteiger partial charge is 0.384 e. The van der Waals surface area contributed by atoms with Gasteiger partial charge in [0.2, 0.25) is 0 Å². The zero-order valence-electron chi connectivity index (χ0n) is 11.9. The van der Waals surface area contributed by atoms with Crippen LogP contribution >= 0.6 is 0 Å². The highest BCUT2D eigenvalue weighted by Crippen LogP contribution is 2.31. The molecule has 4 nitrogen and oxygen atoms in total. The van der Waals surface area contributed by atoms with E-state index >= 15 is 0 Å². The van der Waals surface area contributed by atoms with E-state index in [2.05, 4.69) is 36.0 Å². The van der Waals surface area contributed by atoms with Crippen molar-refractivity contribution in [3.05, 3.63) is 29.6 Å². The van der Waals surface area contributed by atoms with Gasteiger partial charge < -0.3 is 10.4 Å². The van der Waals surface area contributed by atoms with Crippen LogP contribution < -0.4 is 5.32 Å². The Hall–Kier alpha value is -1.86. The normalized spacial score (nSPS) is 24.9. The molecule has 2 N–H and O–H groups in total. The van der Waals surface area contributed by atoms with Gasteiger partial charge in [0.1, 0.15) is 6.61 Å². The van der Waals surface area contributed by atoms with Crippen LogP contribution in [0.5, 0.6) is 0 Å². The molecule has 0 spiro atoms. The van der Waals surface area contributed by atoms with E-state index in [-0.39, 0.29) is 18.6 Å². The Kier molecular flexibility index (Phi) is 4.75. The molecule has 0 bridgehead atoms. The van der Waals surface area contributed by atoms with Gasteiger partial charge in [-0.3, -0.25) is 9.78 Å². The number of aliphatic hydroxyl groups excluding tert-OH is 1. The molecule has 3 atom stereocenters. The summed E-state index contributed by atoms with van der Waals surface area (Å²) in [5.41, 5.74) is 1.15. The number of pyridine rings is 1. The average Bonchev–Trinajstić information content (AvgIpc) is 2.77. The first-order valence-corrected chi connectivity index (χ1v) is 6.97. The third-order valence-corrected chi connectivity index (χ3v) is 4.09. The highest BCUT2D eigenvalue weighted by Gasteiger charge is 2.30. The second kappa shape index (κ2) is 6.53. The van der Waals surface area contributed by atoms with Crippen molar-refractivity contribution in [1.82, 2.24) is 10.3 Å².